The van der Waals surface area contributed by atoms with E-state index in [0.717, 1.165) is 23.7 Å². The van der Waals surface area contributed by atoms with Crippen LogP contribution in [0.5, 0.6) is 0 Å². The van der Waals surface area contributed by atoms with E-state index in [9.17, 15) is 19.2 Å². The molecular weight excluding hydrogens is 744 g/mol. The summed E-state index contributed by atoms with van der Waals surface area (Å²) >= 11 is 0. The first-order chi connectivity index (χ1) is 27.6. The van der Waals surface area contributed by atoms with Crippen molar-refractivity contribution in [3.8, 4) is 0 Å². The van der Waals surface area contributed by atoms with Crippen molar-refractivity contribution in [3.63, 3.8) is 0 Å². The third-order valence-electron chi connectivity index (χ3n) is 6.37. The molecule has 7 rings (SSSR count). The van der Waals surface area contributed by atoms with Gasteiger partial charge in [-0.15, -0.1) is 0 Å². The van der Waals surface area contributed by atoms with Crippen LogP contribution in [0.2, 0.25) is 0 Å². The molecular formula is C42H46O15. The number of aliphatic hydroxyl groups excluding tert-OH is 4. The Hall–Kier alpha value is -6.78. The summed E-state index contributed by atoms with van der Waals surface area (Å²) in [6, 6.07) is 23.8. The van der Waals surface area contributed by atoms with Crippen molar-refractivity contribution in [2.24, 2.45) is 0 Å². The molecule has 15 nitrogen and oxygen atoms in total. The second kappa shape index (κ2) is 29.6. The summed E-state index contributed by atoms with van der Waals surface area (Å²) in [5, 5.41) is 33.8. The summed E-state index contributed by atoms with van der Waals surface area (Å²) in [4.78, 5) is 39.7. The highest BCUT2D eigenvalue weighted by molar-refractivity contribution is 5.71. The maximum atomic E-state index is 10.0. The summed E-state index contributed by atoms with van der Waals surface area (Å²) in [5.74, 6) is 6.82. The van der Waals surface area contributed by atoms with Crippen LogP contribution in [0, 0.1) is 13.8 Å². The van der Waals surface area contributed by atoms with Gasteiger partial charge >= 0.3 is 0 Å². The largest absolute Gasteiger partial charge is 0.467 e. The molecule has 0 saturated heterocycles. The van der Waals surface area contributed by atoms with Crippen molar-refractivity contribution in [1.29, 1.82) is 0 Å². The molecule has 0 radical (unpaired) electrons. The lowest BCUT2D eigenvalue weighted by atomic mass is 10.4. The van der Waals surface area contributed by atoms with Crippen LogP contribution in [0.15, 0.2) is 135 Å². The van der Waals surface area contributed by atoms with Gasteiger partial charge in [-0.3, -0.25) is 19.2 Å². The minimum atomic E-state index is -0.159. The quantitative estimate of drug-likeness (QED) is 0.0959. The lowest BCUT2D eigenvalue weighted by molar-refractivity contribution is 0.109. The minimum absolute atomic E-state index is 0. The summed E-state index contributed by atoms with van der Waals surface area (Å²) in [6.45, 7) is 8.96. The molecule has 57 heavy (non-hydrogen) atoms. The van der Waals surface area contributed by atoms with E-state index in [2.05, 4.69) is 11.0 Å². The molecule has 304 valence electrons. The van der Waals surface area contributed by atoms with E-state index in [4.69, 9.17) is 46.9 Å². The Morgan fingerprint density at radius 1 is 0.456 bits per heavy atom. The summed E-state index contributed by atoms with van der Waals surface area (Å²) in [7, 11) is 0. The van der Waals surface area contributed by atoms with Crippen molar-refractivity contribution < 1.29 is 70.5 Å². The van der Waals surface area contributed by atoms with Gasteiger partial charge in [0.1, 0.15) is 72.5 Å². The molecule has 7 aromatic heterocycles. The van der Waals surface area contributed by atoms with Crippen molar-refractivity contribution in [2.75, 3.05) is 0 Å². The van der Waals surface area contributed by atoms with E-state index in [0.29, 0.717) is 71.2 Å². The molecule has 0 unspecified atom stereocenters. The lowest BCUT2D eigenvalue weighted by Gasteiger charge is -1.86. The van der Waals surface area contributed by atoms with Crippen LogP contribution >= 0.6 is 0 Å². The van der Waals surface area contributed by atoms with Gasteiger partial charge in [-0.1, -0.05) is 13.5 Å². The molecule has 7 aromatic rings. The first-order valence-electron chi connectivity index (χ1n) is 16.9. The molecule has 0 aliphatic heterocycles. The van der Waals surface area contributed by atoms with Gasteiger partial charge in [-0.05, 0) is 105 Å². The van der Waals surface area contributed by atoms with E-state index >= 15 is 0 Å². The Labute approximate surface area is 328 Å². The van der Waals surface area contributed by atoms with Gasteiger partial charge < -0.3 is 51.3 Å². The second-order valence-corrected chi connectivity index (χ2v) is 10.6. The molecule has 0 aliphatic carbocycles. The normalized spacial score (nSPS) is 9.32. The maximum absolute atomic E-state index is 10.0. The number of carbonyl (C=O) groups excluding carboxylic acids is 4. The van der Waals surface area contributed by atoms with Crippen LogP contribution in [0.25, 0.3) is 6.08 Å². The number of hydrogen-bond donors (Lipinski definition) is 4. The van der Waals surface area contributed by atoms with Crippen LogP contribution in [0.4, 0.5) is 0 Å². The third kappa shape index (κ3) is 21.0. The van der Waals surface area contributed by atoms with Gasteiger partial charge in [0, 0.05) is 6.42 Å². The highest BCUT2D eigenvalue weighted by Crippen LogP contribution is 2.08. The molecule has 4 N–H and O–H groups in total. The third-order valence-corrected chi connectivity index (χ3v) is 6.37. The van der Waals surface area contributed by atoms with Crippen LogP contribution in [-0.4, -0.2) is 45.6 Å². The Kier molecular flexibility index (Phi) is 25.0. The molecule has 0 spiro atoms. The van der Waals surface area contributed by atoms with Crippen LogP contribution in [-0.2, 0) is 32.8 Å². The highest BCUT2D eigenvalue weighted by Gasteiger charge is 1.98. The highest BCUT2D eigenvalue weighted by atomic mass is 16.4. The van der Waals surface area contributed by atoms with E-state index in [-0.39, 0.29) is 32.2 Å². The van der Waals surface area contributed by atoms with Gasteiger partial charge in [0.15, 0.2) is 48.2 Å². The average molecular weight is 791 g/mol. The molecule has 0 amide bonds. The lowest BCUT2D eigenvalue weighted by Crippen LogP contribution is -1.75. The fraction of sp³-hybridized carbons (Fsp3) is 0.190. The fourth-order valence-corrected chi connectivity index (χ4v) is 3.63. The van der Waals surface area contributed by atoms with Gasteiger partial charge in [-0.25, -0.2) is 0 Å². The predicted octanol–water partition coefficient (Wildman–Crippen LogP) is 8.00. The van der Waals surface area contributed by atoms with Crippen LogP contribution in [0.3, 0.4) is 0 Å². The topological polar surface area (TPSA) is 241 Å². The zero-order chi connectivity index (χ0) is 42.3. The van der Waals surface area contributed by atoms with Crippen LogP contribution in [0.1, 0.15) is 95.2 Å². The number of rotatable bonds is 10. The SMILES string of the molecule is C=Cc1ccc(C=O)o1.CCc1ccc(CO)o1.Cc1ccc(C=O)o1.Cc1ccc(CO)o1.O=Cc1ccc(CO)o1.O=Cc1ccco1.OCc1ccco1. The van der Waals surface area contributed by atoms with E-state index in [1.54, 1.807) is 79.7 Å². The van der Waals surface area contributed by atoms with Gasteiger partial charge in [0.25, 0.3) is 0 Å². The zero-order valence-corrected chi connectivity index (χ0v) is 31.6. The average Bonchev–Trinajstić information content (AvgIpc) is 4.10. The molecule has 0 atom stereocenters. The number of aryl methyl sites for hydroxylation is 3. The molecule has 0 saturated carbocycles. The number of furan rings is 7. The van der Waals surface area contributed by atoms with Gasteiger partial charge in [0.2, 0.25) is 0 Å². The first-order valence-corrected chi connectivity index (χ1v) is 16.9. The molecule has 0 bridgehead atoms. The number of aliphatic hydroxyl groups is 4. The zero-order valence-electron chi connectivity index (χ0n) is 31.6. The van der Waals surface area contributed by atoms with Crippen molar-refractivity contribution in [2.45, 2.75) is 53.6 Å². The second-order valence-electron chi connectivity index (χ2n) is 10.6. The standard InChI is InChI=1S/C7H10O2.C7H6O2.C6H6O3.C6H8O2.C6H6O2.C5H6O2.C5H4O2/c2*1-2-6-3-4-7(5-8)9-6;7-3-5-1-2-6(4-8)9-5;2*1-5-2-3-6(4-7)8-5;2*6-4-5-2-1-3-7-5/h3-4,8H,2,5H2,1H3;2-5H,1H2;1-3,8H,4H2;2-3,7H,4H2,1H3;2-4H,1H3;1-3,6H,4H2;1-4H. The maximum Gasteiger partial charge on any atom is 0.185 e. The smallest absolute Gasteiger partial charge is 0.185 e. The van der Waals surface area contributed by atoms with Crippen LogP contribution < -0.4 is 0 Å². The fourth-order valence-electron chi connectivity index (χ4n) is 3.63. The predicted molar refractivity (Wildman–Crippen MR) is 205 cm³/mol. The monoisotopic (exact) mass is 790 g/mol. The van der Waals surface area contributed by atoms with Gasteiger partial charge in [-0.2, -0.15) is 0 Å². The number of hydrogen-bond acceptors (Lipinski definition) is 15. The number of carbonyl (C=O) groups is 4. The minimum Gasteiger partial charge on any atom is -0.467 e. The Bertz CT molecular complexity index is 2010. The Balaban J connectivity index is 0.000000333. The van der Waals surface area contributed by atoms with Crippen molar-refractivity contribution in [3.05, 3.63) is 173 Å². The Morgan fingerprint density at radius 2 is 0.895 bits per heavy atom. The summed E-state index contributed by atoms with van der Waals surface area (Å²) in [5.41, 5.74) is 0. The van der Waals surface area contributed by atoms with Crippen molar-refractivity contribution >= 4 is 31.2 Å². The van der Waals surface area contributed by atoms with Gasteiger partial charge in [0.05, 0.1) is 12.5 Å². The molecule has 0 aliphatic rings. The molecule has 7 heterocycles. The van der Waals surface area contributed by atoms with E-state index in [1.807, 2.05) is 26.0 Å². The van der Waals surface area contributed by atoms with E-state index < -0.39 is 0 Å². The number of aldehydes is 4. The Morgan fingerprint density at radius 3 is 1.19 bits per heavy atom. The summed E-state index contributed by atoms with van der Waals surface area (Å²) in [6.07, 6.45) is 8.04. The molecule has 15 heteroatoms. The molecule has 0 aromatic carbocycles. The van der Waals surface area contributed by atoms with Crippen molar-refractivity contribution in [1.82, 2.24) is 0 Å². The summed E-state index contributed by atoms with van der Waals surface area (Å²) < 4.78 is 34.0. The van der Waals surface area contributed by atoms with E-state index in [1.165, 1.54) is 18.6 Å². The first kappa shape index (κ1) is 48.2. The molecule has 0 fully saturated rings.